The number of aromatic nitrogens is 1. The Hall–Kier alpha value is -2.55. The monoisotopic (exact) mass is 293 g/mol. The molecule has 2 aromatic carbocycles. The number of methoxy groups -OCH3 is 1. The fourth-order valence-corrected chi connectivity index (χ4v) is 2.88. The lowest BCUT2D eigenvalue weighted by Gasteiger charge is -2.09. The number of carbonyl (C=O) groups is 1. The Balaban J connectivity index is 2.39. The number of carbonyl (C=O) groups excluding carboxylic acids is 1. The molecule has 0 fully saturated rings. The zero-order chi connectivity index (χ0) is 15.9. The normalized spacial score (nSPS) is 10.9. The molecule has 0 spiro atoms. The van der Waals surface area contributed by atoms with Crippen LogP contribution in [0.5, 0.6) is 5.75 Å². The van der Waals surface area contributed by atoms with Crippen molar-refractivity contribution in [2.45, 2.75) is 20.8 Å². The number of aldehydes is 1. The molecule has 0 aliphatic heterocycles. The maximum atomic E-state index is 11.7. The molecule has 3 aromatic rings. The molecule has 1 heterocycles. The third kappa shape index (κ3) is 2.10. The minimum Gasteiger partial charge on any atom is -0.496 e. The molecule has 3 heteroatoms. The van der Waals surface area contributed by atoms with Gasteiger partial charge in [0.05, 0.1) is 12.8 Å². The molecule has 0 atom stereocenters. The molecular formula is C19H19NO2. The van der Waals surface area contributed by atoms with Crippen molar-refractivity contribution in [2.24, 2.45) is 0 Å². The lowest BCUT2D eigenvalue weighted by molar-refractivity contribution is 0.112. The first-order valence-corrected chi connectivity index (χ1v) is 7.29. The molecule has 0 aliphatic rings. The molecule has 1 N–H and O–H groups in total. The Labute approximate surface area is 129 Å². The number of nitrogens with one attached hydrogen (secondary N) is 1. The van der Waals surface area contributed by atoms with Crippen LogP contribution in [-0.4, -0.2) is 18.4 Å². The summed E-state index contributed by atoms with van der Waals surface area (Å²) in [6.07, 6.45) is 0.921. The molecule has 0 aliphatic carbocycles. The molecule has 0 amide bonds. The van der Waals surface area contributed by atoms with Gasteiger partial charge in [-0.25, -0.2) is 0 Å². The van der Waals surface area contributed by atoms with Crippen LogP contribution in [-0.2, 0) is 0 Å². The molecule has 0 saturated carbocycles. The van der Waals surface area contributed by atoms with E-state index < -0.39 is 0 Å². The second-order valence-electron chi connectivity index (χ2n) is 5.67. The highest BCUT2D eigenvalue weighted by atomic mass is 16.5. The predicted octanol–water partition coefficient (Wildman–Crippen LogP) is 4.58. The number of ether oxygens (including phenoxy) is 1. The van der Waals surface area contributed by atoms with Gasteiger partial charge in [-0.1, -0.05) is 23.8 Å². The second-order valence-corrected chi connectivity index (χ2v) is 5.67. The molecular weight excluding hydrogens is 274 g/mol. The average molecular weight is 293 g/mol. The van der Waals surface area contributed by atoms with Gasteiger partial charge in [0.1, 0.15) is 5.75 Å². The van der Waals surface area contributed by atoms with Crippen molar-refractivity contribution >= 4 is 17.2 Å². The van der Waals surface area contributed by atoms with Crippen LogP contribution in [0.2, 0.25) is 0 Å². The Kier molecular flexibility index (Phi) is 3.49. The van der Waals surface area contributed by atoms with Gasteiger partial charge >= 0.3 is 0 Å². The van der Waals surface area contributed by atoms with Crippen molar-refractivity contribution in [3.8, 4) is 17.0 Å². The summed E-state index contributed by atoms with van der Waals surface area (Å²) in [4.78, 5) is 15.1. The number of H-pyrrole nitrogens is 1. The summed E-state index contributed by atoms with van der Waals surface area (Å²) >= 11 is 0. The summed E-state index contributed by atoms with van der Waals surface area (Å²) in [7, 11) is 1.65. The fourth-order valence-electron chi connectivity index (χ4n) is 2.88. The first-order valence-electron chi connectivity index (χ1n) is 7.29. The molecule has 112 valence electrons. The highest BCUT2D eigenvalue weighted by molar-refractivity contribution is 6.06. The van der Waals surface area contributed by atoms with E-state index in [9.17, 15) is 4.79 Å². The van der Waals surface area contributed by atoms with Crippen molar-refractivity contribution < 1.29 is 9.53 Å². The van der Waals surface area contributed by atoms with Crippen LogP contribution in [0.15, 0.2) is 30.3 Å². The smallest absolute Gasteiger partial charge is 0.152 e. The topological polar surface area (TPSA) is 42.1 Å². The minimum absolute atomic E-state index is 0.682. The second kappa shape index (κ2) is 5.34. The molecule has 0 unspecified atom stereocenters. The van der Waals surface area contributed by atoms with E-state index in [2.05, 4.69) is 24.9 Å². The summed E-state index contributed by atoms with van der Waals surface area (Å²) in [5, 5.41) is 0.955. The van der Waals surface area contributed by atoms with E-state index in [-0.39, 0.29) is 0 Å². The van der Waals surface area contributed by atoms with Crippen molar-refractivity contribution in [3.05, 3.63) is 52.6 Å². The summed E-state index contributed by atoms with van der Waals surface area (Å²) in [6, 6.07) is 10.0. The van der Waals surface area contributed by atoms with Crippen LogP contribution in [0.3, 0.4) is 0 Å². The highest BCUT2D eigenvalue weighted by Crippen LogP contribution is 2.36. The van der Waals surface area contributed by atoms with E-state index in [1.807, 2.05) is 31.2 Å². The van der Waals surface area contributed by atoms with E-state index >= 15 is 0 Å². The number of benzene rings is 2. The zero-order valence-corrected chi connectivity index (χ0v) is 13.3. The molecule has 0 saturated heterocycles. The summed E-state index contributed by atoms with van der Waals surface area (Å²) in [5.74, 6) is 0.759. The first kappa shape index (κ1) is 14.4. The van der Waals surface area contributed by atoms with Gasteiger partial charge in [-0.3, -0.25) is 4.79 Å². The van der Waals surface area contributed by atoms with E-state index in [1.165, 1.54) is 11.1 Å². The minimum atomic E-state index is 0.682. The maximum Gasteiger partial charge on any atom is 0.152 e. The Bertz CT molecular complexity index is 875. The van der Waals surface area contributed by atoms with Gasteiger partial charge in [0.25, 0.3) is 0 Å². The van der Waals surface area contributed by atoms with Gasteiger partial charge in [-0.2, -0.15) is 0 Å². The Morgan fingerprint density at radius 1 is 1.09 bits per heavy atom. The van der Waals surface area contributed by atoms with E-state index in [1.54, 1.807) is 7.11 Å². The Morgan fingerprint density at radius 2 is 1.86 bits per heavy atom. The number of hydrogen-bond acceptors (Lipinski definition) is 2. The van der Waals surface area contributed by atoms with Crippen molar-refractivity contribution in [2.75, 3.05) is 7.11 Å². The first-order chi connectivity index (χ1) is 10.6. The van der Waals surface area contributed by atoms with Gasteiger partial charge in [0.15, 0.2) is 6.29 Å². The van der Waals surface area contributed by atoms with Gasteiger partial charge in [0.2, 0.25) is 0 Å². The average Bonchev–Trinajstić information content (AvgIpc) is 2.90. The van der Waals surface area contributed by atoms with E-state index in [4.69, 9.17) is 4.74 Å². The molecule has 0 radical (unpaired) electrons. The predicted molar refractivity (Wildman–Crippen MR) is 89.9 cm³/mol. The number of aromatic amines is 1. The van der Waals surface area contributed by atoms with Crippen LogP contribution in [0, 0.1) is 20.8 Å². The molecule has 1 aromatic heterocycles. The lowest BCUT2D eigenvalue weighted by atomic mass is 10.0. The highest BCUT2D eigenvalue weighted by Gasteiger charge is 2.17. The summed E-state index contributed by atoms with van der Waals surface area (Å²) in [5.41, 5.74) is 6.92. The fraction of sp³-hybridized carbons (Fsp3) is 0.211. The molecule has 22 heavy (non-hydrogen) atoms. The van der Waals surface area contributed by atoms with Gasteiger partial charge in [-0.05, 0) is 44.0 Å². The van der Waals surface area contributed by atoms with E-state index in [0.717, 1.165) is 39.8 Å². The number of rotatable bonds is 3. The van der Waals surface area contributed by atoms with Crippen LogP contribution in [0.1, 0.15) is 27.0 Å². The third-order valence-electron chi connectivity index (χ3n) is 4.29. The zero-order valence-electron chi connectivity index (χ0n) is 13.3. The summed E-state index contributed by atoms with van der Waals surface area (Å²) in [6.45, 7) is 6.17. The molecule has 3 rings (SSSR count). The van der Waals surface area contributed by atoms with Crippen LogP contribution in [0.4, 0.5) is 0 Å². The van der Waals surface area contributed by atoms with Crippen LogP contribution in [0.25, 0.3) is 22.2 Å². The molecule has 0 bridgehead atoms. The molecule has 3 nitrogen and oxygen atoms in total. The van der Waals surface area contributed by atoms with Gasteiger partial charge < -0.3 is 9.72 Å². The Morgan fingerprint density at radius 3 is 2.55 bits per heavy atom. The largest absolute Gasteiger partial charge is 0.496 e. The lowest BCUT2D eigenvalue weighted by Crippen LogP contribution is -1.91. The van der Waals surface area contributed by atoms with Crippen molar-refractivity contribution in [1.82, 2.24) is 4.98 Å². The van der Waals surface area contributed by atoms with Crippen molar-refractivity contribution in [3.63, 3.8) is 0 Å². The third-order valence-corrected chi connectivity index (χ3v) is 4.29. The van der Waals surface area contributed by atoms with Crippen LogP contribution < -0.4 is 4.74 Å². The van der Waals surface area contributed by atoms with Gasteiger partial charge in [-0.15, -0.1) is 0 Å². The van der Waals surface area contributed by atoms with Crippen LogP contribution >= 0.6 is 0 Å². The quantitative estimate of drug-likeness (QED) is 0.718. The van der Waals surface area contributed by atoms with E-state index in [0.29, 0.717) is 5.56 Å². The number of hydrogen-bond donors (Lipinski definition) is 1. The van der Waals surface area contributed by atoms with Gasteiger partial charge in [0, 0.05) is 22.0 Å². The SMILES string of the molecule is COc1ccc(C)cc1-c1[nH]c2c(C)c(C)ccc2c1C=O. The summed E-state index contributed by atoms with van der Waals surface area (Å²) < 4.78 is 5.47. The van der Waals surface area contributed by atoms with Crippen molar-refractivity contribution in [1.29, 1.82) is 0 Å². The number of fused-ring (bicyclic) bond motifs is 1. The number of aryl methyl sites for hydroxylation is 3. The standard InChI is InChI=1S/C19H19NO2/c1-11-5-8-17(22-4)15(9-11)19-16(10-21)14-7-6-12(2)13(3)18(14)20-19/h5-10,20H,1-4H3. The maximum absolute atomic E-state index is 11.7.